The van der Waals surface area contributed by atoms with E-state index in [9.17, 15) is 4.79 Å². The van der Waals surface area contributed by atoms with E-state index in [-0.39, 0.29) is 5.82 Å². The van der Waals surface area contributed by atoms with Crippen LogP contribution in [0, 0.1) is 0 Å². The lowest BCUT2D eigenvalue weighted by molar-refractivity contribution is 0.111. The van der Waals surface area contributed by atoms with Crippen LogP contribution in [0.3, 0.4) is 0 Å². The van der Waals surface area contributed by atoms with Crippen LogP contribution in [0.5, 0.6) is 0 Å². The minimum atomic E-state index is 0.210. The average molecular weight is 202 g/mol. The molecule has 0 saturated carbocycles. The summed E-state index contributed by atoms with van der Waals surface area (Å²) in [5.41, 5.74) is 2.39. The van der Waals surface area contributed by atoms with E-state index in [1.807, 2.05) is 6.20 Å². The van der Waals surface area contributed by atoms with Gasteiger partial charge in [0.05, 0.1) is 5.69 Å². The lowest BCUT2D eigenvalue weighted by Gasteiger charge is -2.14. The summed E-state index contributed by atoms with van der Waals surface area (Å²) in [6, 6.07) is 0. The van der Waals surface area contributed by atoms with Gasteiger partial charge in [0.25, 0.3) is 5.78 Å². The van der Waals surface area contributed by atoms with Gasteiger partial charge in [-0.3, -0.25) is 4.79 Å². The van der Waals surface area contributed by atoms with Gasteiger partial charge in [-0.05, 0) is 31.2 Å². The van der Waals surface area contributed by atoms with Gasteiger partial charge in [-0.1, -0.05) is 0 Å². The molecule has 5 nitrogen and oxygen atoms in total. The zero-order valence-corrected chi connectivity index (χ0v) is 8.18. The minimum absolute atomic E-state index is 0.210. The molecule has 0 bridgehead atoms. The molecular weight excluding hydrogens is 192 g/mol. The lowest BCUT2D eigenvalue weighted by atomic mass is 9.98. The Bertz CT molecular complexity index is 531. The van der Waals surface area contributed by atoms with Crippen molar-refractivity contribution >= 4 is 12.1 Å². The van der Waals surface area contributed by atoms with E-state index in [0.717, 1.165) is 18.5 Å². The Morgan fingerprint density at radius 2 is 2.20 bits per heavy atom. The molecule has 0 radical (unpaired) electrons. The monoisotopic (exact) mass is 202 g/mol. The number of aldehydes is 1. The van der Waals surface area contributed by atoms with Crippen LogP contribution in [0.1, 0.15) is 34.7 Å². The van der Waals surface area contributed by atoms with Gasteiger partial charge in [0.15, 0.2) is 6.29 Å². The first-order chi connectivity index (χ1) is 7.38. The highest BCUT2D eigenvalue weighted by Gasteiger charge is 2.15. The van der Waals surface area contributed by atoms with Crippen molar-refractivity contribution in [1.82, 2.24) is 19.6 Å². The number of aryl methyl sites for hydroxylation is 2. The molecular formula is C10H10N4O. The van der Waals surface area contributed by atoms with Gasteiger partial charge in [-0.25, -0.2) is 9.50 Å². The van der Waals surface area contributed by atoms with Crippen molar-refractivity contribution in [2.24, 2.45) is 0 Å². The standard InChI is InChI=1S/C10H10N4O/c15-6-9-12-10-11-5-7-3-1-2-4-8(7)14(10)13-9/h5-6H,1-4H2. The van der Waals surface area contributed by atoms with Crippen LogP contribution in [0.2, 0.25) is 0 Å². The predicted octanol–water partition coefficient (Wildman–Crippen LogP) is 0.816. The first kappa shape index (κ1) is 8.52. The molecule has 0 aromatic carbocycles. The summed E-state index contributed by atoms with van der Waals surface area (Å²) in [7, 11) is 0. The van der Waals surface area contributed by atoms with Crippen LogP contribution in [-0.4, -0.2) is 25.9 Å². The number of hydrogen-bond donors (Lipinski definition) is 0. The van der Waals surface area contributed by atoms with Gasteiger partial charge in [0.1, 0.15) is 0 Å². The Morgan fingerprint density at radius 3 is 3.07 bits per heavy atom. The van der Waals surface area contributed by atoms with Crippen molar-refractivity contribution in [3.63, 3.8) is 0 Å². The van der Waals surface area contributed by atoms with E-state index in [0.29, 0.717) is 12.1 Å². The maximum atomic E-state index is 10.6. The number of carbonyl (C=O) groups excluding carboxylic acids is 1. The largest absolute Gasteiger partial charge is 0.294 e. The maximum Gasteiger partial charge on any atom is 0.253 e. The zero-order valence-electron chi connectivity index (χ0n) is 8.18. The minimum Gasteiger partial charge on any atom is -0.294 e. The normalized spacial score (nSPS) is 15.2. The second-order valence-corrected chi connectivity index (χ2v) is 3.74. The van der Waals surface area contributed by atoms with Crippen molar-refractivity contribution in [1.29, 1.82) is 0 Å². The first-order valence-corrected chi connectivity index (χ1v) is 5.07. The number of carbonyl (C=O) groups is 1. The van der Waals surface area contributed by atoms with Crippen molar-refractivity contribution < 1.29 is 4.79 Å². The molecule has 0 fully saturated rings. The smallest absolute Gasteiger partial charge is 0.253 e. The fraction of sp³-hybridized carbons (Fsp3) is 0.400. The van der Waals surface area contributed by atoms with E-state index < -0.39 is 0 Å². The van der Waals surface area contributed by atoms with Gasteiger partial charge in [-0.15, -0.1) is 5.10 Å². The van der Waals surface area contributed by atoms with E-state index in [2.05, 4.69) is 15.1 Å². The van der Waals surface area contributed by atoms with Crippen molar-refractivity contribution in [3.8, 4) is 0 Å². The highest BCUT2D eigenvalue weighted by atomic mass is 16.1. The molecule has 2 aromatic heterocycles. The molecule has 2 aromatic rings. The van der Waals surface area contributed by atoms with Crippen molar-refractivity contribution in [3.05, 3.63) is 23.3 Å². The van der Waals surface area contributed by atoms with Crippen LogP contribution in [0.25, 0.3) is 5.78 Å². The molecule has 0 aliphatic heterocycles. The number of aromatic nitrogens is 4. The average Bonchev–Trinajstić information content (AvgIpc) is 2.72. The molecule has 15 heavy (non-hydrogen) atoms. The summed E-state index contributed by atoms with van der Waals surface area (Å²) in [5.74, 6) is 0.735. The summed E-state index contributed by atoms with van der Waals surface area (Å²) < 4.78 is 1.71. The number of hydrogen-bond acceptors (Lipinski definition) is 4. The highest BCUT2D eigenvalue weighted by molar-refractivity contribution is 5.69. The maximum absolute atomic E-state index is 10.6. The van der Waals surface area contributed by atoms with E-state index in [1.165, 1.54) is 18.4 Å². The van der Waals surface area contributed by atoms with Crippen LogP contribution >= 0.6 is 0 Å². The van der Waals surface area contributed by atoms with E-state index >= 15 is 0 Å². The van der Waals surface area contributed by atoms with Crippen molar-refractivity contribution in [2.75, 3.05) is 0 Å². The molecule has 1 aliphatic rings. The Hall–Kier alpha value is -1.78. The molecule has 76 valence electrons. The third kappa shape index (κ3) is 1.23. The number of fused-ring (bicyclic) bond motifs is 3. The van der Waals surface area contributed by atoms with Gasteiger partial charge in [0, 0.05) is 6.20 Å². The molecule has 0 unspecified atom stereocenters. The number of rotatable bonds is 1. The van der Waals surface area contributed by atoms with Crippen LogP contribution < -0.4 is 0 Å². The van der Waals surface area contributed by atoms with Gasteiger partial charge in [0.2, 0.25) is 5.82 Å². The molecule has 0 saturated heterocycles. The third-order valence-electron chi connectivity index (χ3n) is 2.78. The van der Waals surface area contributed by atoms with Crippen LogP contribution in [0.15, 0.2) is 6.20 Å². The summed E-state index contributed by atoms with van der Waals surface area (Å²) in [6.45, 7) is 0. The number of nitrogens with zero attached hydrogens (tertiary/aromatic N) is 4. The van der Waals surface area contributed by atoms with Crippen LogP contribution in [0.4, 0.5) is 0 Å². The Balaban J connectivity index is 2.30. The molecule has 0 N–H and O–H groups in total. The summed E-state index contributed by atoms with van der Waals surface area (Å²) >= 11 is 0. The molecule has 0 spiro atoms. The fourth-order valence-corrected chi connectivity index (χ4v) is 2.06. The molecule has 5 heteroatoms. The summed E-state index contributed by atoms with van der Waals surface area (Å²) in [6.07, 6.45) is 6.93. The van der Waals surface area contributed by atoms with Crippen molar-refractivity contribution in [2.45, 2.75) is 25.7 Å². The Morgan fingerprint density at radius 1 is 1.33 bits per heavy atom. The van der Waals surface area contributed by atoms with E-state index in [4.69, 9.17) is 0 Å². The zero-order chi connectivity index (χ0) is 10.3. The fourth-order valence-electron chi connectivity index (χ4n) is 2.06. The lowest BCUT2D eigenvalue weighted by Crippen LogP contribution is -2.10. The predicted molar refractivity (Wildman–Crippen MR) is 52.8 cm³/mol. The first-order valence-electron chi connectivity index (χ1n) is 5.07. The van der Waals surface area contributed by atoms with Crippen LogP contribution in [-0.2, 0) is 12.8 Å². The van der Waals surface area contributed by atoms with Gasteiger partial charge in [-0.2, -0.15) is 4.98 Å². The quantitative estimate of drug-likeness (QED) is 0.642. The molecule has 0 amide bonds. The summed E-state index contributed by atoms with van der Waals surface area (Å²) in [5, 5.41) is 4.12. The third-order valence-corrected chi connectivity index (χ3v) is 2.78. The topological polar surface area (TPSA) is 60.2 Å². The molecule has 3 rings (SSSR count). The second-order valence-electron chi connectivity index (χ2n) is 3.74. The van der Waals surface area contributed by atoms with Gasteiger partial charge < -0.3 is 0 Å². The molecule has 2 heterocycles. The summed E-state index contributed by atoms with van der Waals surface area (Å²) in [4.78, 5) is 18.8. The van der Waals surface area contributed by atoms with E-state index in [1.54, 1.807) is 4.52 Å². The molecule has 0 atom stereocenters. The molecule has 1 aliphatic carbocycles. The SMILES string of the molecule is O=Cc1nc2ncc3c(n2n1)CCCC3. The Labute approximate surface area is 86.2 Å². The second kappa shape index (κ2) is 3.12. The highest BCUT2D eigenvalue weighted by Crippen LogP contribution is 2.20. The Kier molecular flexibility index (Phi) is 1.77. The van der Waals surface area contributed by atoms with Gasteiger partial charge >= 0.3 is 0 Å².